The zero-order valence-corrected chi connectivity index (χ0v) is 19.0. The van der Waals surface area contributed by atoms with Gasteiger partial charge in [0.05, 0.1) is 23.7 Å². The summed E-state index contributed by atoms with van der Waals surface area (Å²) in [6.45, 7) is 3.19. The van der Waals surface area contributed by atoms with Crippen LogP contribution in [0.25, 0.3) is 0 Å². The number of likely N-dealkylation sites (tertiary alicyclic amines) is 1. The van der Waals surface area contributed by atoms with Gasteiger partial charge in [-0.15, -0.1) is 0 Å². The Labute approximate surface area is 192 Å². The summed E-state index contributed by atoms with van der Waals surface area (Å²) in [4.78, 5) is 14.9. The smallest absolute Gasteiger partial charge is 0.254 e. The van der Waals surface area contributed by atoms with Crippen LogP contribution in [-0.2, 0) is 21.3 Å². The van der Waals surface area contributed by atoms with Gasteiger partial charge in [-0.1, -0.05) is 12.1 Å². The van der Waals surface area contributed by atoms with Gasteiger partial charge in [-0.2, -0.15) is 4.31 Å². The molecule has 0 aromatic heterocycles. The molecule has 2 heterocycles. The van der Waals surface area contributed by atoms with E-state index < -0.39 is 21.7 Å². The average molecular weight is 480 g/mol. The Bertz CT molecular complexity index is 1080. The Morgan fingerprint density at radius 1 is 1.00 bits per heavy atom. The molecule has 33 heavy (non-hydrogen) atoms. The minimum atomic E-state index is -3.83. The van der Waals surface area contributed by atoms with E-state index >= 15 is 0 Å². The zero-order chi connectivity index (χ0) is 23.4. The number of hydrogen-bond donors (Lipinski definition) is 1. The second-order valence-electron chi connectivity index (χ2n) is 8.31. The summed E-state index contributed by atoms with van der Waals surface area (Å²) in [6.07, 6.45) is 1.36. The minimum absolute atomic E-state index is 0.106. The number of halogens is 2. The van der Waals surface area contributed by atoms with Gasteiger partial charge in [0.1, 0.15) is 11.6 Å². The van der Waals surface area contributed by atoms with Crippen molar-refractivity contribution in [2.45, 2.75) is 30.3 Å². The molecule has 4 rings (SSSR count). The monoisotopic (exact) mass is 479 g/mol. The standard InChI is InChI=1S/C23H27F2N3O4S/c24-18-3-1-17(2-4-18)16-27-9-7-19(8-10-27)26-23(29)21-15-20(5-6-22(21)25)33(30,31)28-11-13-32-14-12-28/h1-6,15,19H,7-14,16H2,(H,26,29). The van der Waals surface area contributed by atoms with Gasteiger partial charge in [-0.05, 0) is 48.7 Å². The SMILES string of the molecule is O=C(NC1CCN(Cc2ccc(F)cc2)CC1)c1cc(S(=O)(=O)N2CCOCC2)ccc1F. The van der Waals surface area contributed by atoms with Gasteiger partial charge in [0.25, 0.3) is 5.91 Å². The highest BCUT2D eigenvalue weighted by Crippen LogP contribution is 2.21. The highest BCUT2D eigenvalue weighted by molar-refractivity contribution is 7.89. The van der Waals surface area contributed by atoms with Crippen LogP contribution >= 0.6 is 0 Å². The van der Waals surface area contributed by atoms with Gasteiger partial charge >= 0.3 is 0 Å². The van der Waals surface area contributed by atoms with Crippen LogP contribution in [0.2, 0.25) is 0 Å². The molecule has 1 amide bonds. The Morgan fingerprint density at radius 2 is 1.67 bits per heavy atom. The number of sulfonamides is 1. The van der Waals surface area contributed by atoms with Crippen molar-refractivity contribution in [1.82, 2.24) is 14.5 Å². The highest BCUT2D eigenvalue weighted by atomic mass is 32.2. The fourth-order valence-corrected chi connectivity index (χ4v) is 5.56. The molecule has 0 radical (unpaired) electrons. The van der Waals surface area contributed by atoms with Crippen LogP contribution in [0.5, 0.6) is 0 Å². The zero-order valence-electron chi connectivity index (χ0n) is 18.2. The number of amides is 1. The molecule has 0 aliphatic carbocycles. The van der Waals surface area contributed by atoms with Crippen LogP contribution in [0.4, 0.5) is 8.78 Å². The molecule has 0 spiro atoms. The molecule has 0 atom stereocenters. The van der Waals surface area contributed by atoms with Gasteiger partial charge < -0.3 is 10.1 Å². The van der Waals surface area contributed by atoms with Crippen molar-refractivity contribution in [1.29, 1.82) is 0 Å². The molecule has 2 aromatic rings. The molecular formula is C23H27F2N3O4S. The van der Waals surface area contributed by atoms with E-state index in [-0.39, 0.29) is 35.4 Å². The number of carbonyl (C=O) groups excluding carboxylic acids is 1. The normalized spacial score (nSPS) is 18.8. The van der Waals surface area contributed by atoms with Gasteiger partial charge in [0, 0.05) is 38.8 Å². The average Bonchev–Trinajstić information content (AvgIpc) is 2.82. The predicted molar refractivity (Wildman–Crippen MR) is 118 cm³/mol. The van der Waals surface area contributed by atoms with Crippen LogP contribution in [0, 0.1) is 11.6 Å². The van der Waals surface area contributed by atoms with E-state index in [9.17, 15) is 22.0 Å². The molecule has 0 saturated carbocycles. The molecule has 2 aliphatic rings. The van der Waals surface area contributed by atoms with Crippen LogP contribution < -0.4 is 5.32 Å². The molecule has 178 valence electrons. The molecule has 7 nitrogen and oxygen atoms in total. The number of nitrogens with one attached hydrogen (secondary N) is 1. The van der Waals surface area contributed by atoms with Crippen LogP contribution in [0.15, 0.2) is 47.4 Å². The molecule has 2 saturated heterocycles. The van der Waals surface area contributed by atoms with Crippen LogP contribution in [-0.4, -0.2) is 69.0 Å². The molecule has 10 heteroatoms. The van der Waals surface area contributed by atoms with E-state index in [1.807, 2.05) is 0 Å². The topological polar surface area (TPSA) is 79.0 Å². The number of ether oxygens (including phenoxy) is 1. The Balaban J connectivity index is 1.36. The minimum Gasteiger partial charge on any atom is -0.379 e. The molecule has 2 fully saturated rings. The lowest BCUT2D eigenvalue weighted by molar-refractivity contribution is 0.0730. The molecule has 2 aliphatic heterocycles. The van der Waals surface area contributed by atoms with Crippen molar-refractivity contribution in [3.63, 3.8) is 0 Å². The van der Waals surface area contributed by atoms with E-state index in [1.54, 1.807) is 12.1 Å². The van der Waals surface area contributed by atoms with Crippen molar-refractivity contribution < 1.29 is 26.7 Å². The van der Waals surface area contributed by atoms with Crippen LogP contribution in [0.3, 0.4) is 0 Å². The third-order valence-electron chi connectivity index (χ3n) is 6.03. The Hall–Kier alpha value is -2.40. The Kier molecular flexibility index (Phi) is 7.38. The number of carbonyl (C=O) groups is 1. The summed E-state index contributed by atoms with van der Waals surface area (Å²) >= 11 is 0. The maximum atomic E-state index is 14.4. The lowest BCUT2D eigenvalue weighted by Gasteiger charge is -2.32. The first-order chi connectivity index (χ1) is 15.8. The number of hydrogen-bond acceptors (Lipinski definition) is 5. The fraction of sp³-hybridized carbons (Fsp3) is 0.435. The summed E-state index contributed by atoms with van der Waals surface area (Å²) in [5.41, 5.74) is 0.734. The van der Waals surface area contributed by atoms with Gasteiger partial charge in [0.2, 0.25) is 10.0 Å². The molecular weight excluding hydrogens is 452 g/mol. The molecule has 0 unspecified atom stereocenters. The van der Waals surface area contributed by atoms with Crippen molar-refractivity contribution in [2.24, 2.45) is 0 Å². The van der Waals surface area contributed by atoms with Crippen molar-refractivity contribution in [2.75, 3.05) is 39.4 Å². The number of rotatable bonds is 6. The summed E-state index contributed by atoms with van der Waals surface area (Å²) in [7, 11) is -3.83. The number of morpholine rings is 1. The third-order valence-corrected chi connectivity index (χ3v) is 7.93. The number of nitrogens with zero attached hydrogens (tertiary/aromatic N) is 2. The maximum absolute atomic E-state index is 14.4. The predicted octanol–water partition coefficient (Wildman–Crippen LogP) is 2.38. The second-order valence-corrected chi connectivity index (χ2v) is 10.2. The van der Waals surface area contributed by atoms with E-state index in [1.165, 1.54) is 22.5 Å². The third kappa shape index (κ3) is 5.75. The molecule has 2 aromatic carbocycles. The van der Waals surface area contributed by atoms with Crippen LogP contribution in [0.1, 0.15) is 28.8 Å². The van der Waals surface area contributed by atoms with Crippen molar-refractivity contribution in [3.8, 4) is 0 Å². The first-order valence-electron chi connectivity index (χ1n) is 11.0. The summed E-state index contributed by atoms with van der Waals surface area (Å²) in [6, 6.07) is 9.56. The first kappa shape index (κ1) is 23.7. The Morgan fingerprint density at radius 3 is 2.33 bits per heavy atom. The fourth-order valence-electron chi connectivity index (χ4n) is 4.12. The van der Waals surface area contributed by atoms with E-state index in [0.717, 1.165) is 30.8 Å². The van der Waals surface area contributed by atoms with Gasteiger partial charge in [0.15, 0.2) is 0 Å². The second kappa shape index (κ2) is 10.3. The number of benzene rings is 2. The quantitative estimate of drug-likeness (QED) is 0.688. The summed E-state index contributed by atoms with van der Waals surface area (Å²) in [5.74, 6) is -1.65. The largest absolute Gasteiger partial charge is 0.379 e. The lowest BCUT2D eigenvalue weighted by Crippen LogP contribution is -2.44. The summed E-state index contributed by atoms with van der Waals surface area (Å²) in [5, 5.41) is 2.84. The van der Waals surface area contributed by atoms with Crippen molar-refractivity contribution >= 4 is 15.9 Å². The van der Waals surface area contributed by atoms with Gasteiger partial charge in [-0.25, -0.2) is 17.2 Å². The van der Waals surface area contributed by atoms with E-state index in [4.69, 9.17) is 4.74 Å². The molecule has 0 bridgehead atoms. The number of piperidine rings is 1. The summed E-state index contributed by atoms with van der Waals surface area (Å²) < 4.78 is 59.7. The molecule has 1 N–H and O–H groups in total. The highest BCUT2D eigenvalue weighted by Gasteiger charge is 2.29. The first-order valence-corrected chi connectivity index (χ1v) is 12.4. The van der Waals surface area contributed by atoms with E-state index in [2.05, 4.69) is 10.2 Å². The lowest BCUT2D eigenvalue weighted by atomic mass is 10.0. The van der Waals surface area contributed by atoms with Crippen molar-refractivity contribution in [3.05, 3.63) is 65.2 Å². The maximum Gasteiger partial charge on any atom is 0.254 e. The van der Waals surface area contributed by atoms with Gasteiger partial charge in [-0.3, -0.25) is 9.69 Å². The van der Waals surface area contributed by atoms with E-state index in [0.29, 0.717) is 32.6 Å².